The van der Waals surface area contributed by atoms with E-state index >= 15 is 0 Å². The zero-order chi connectivity index (χ0) is 25.3. The number of hydrogen-bond donors (Lipinski definition) is 1. The van der Waals surface area contributed by atoms with E-state index in [4.69, 9.17) is 14.2 Å². The molecule has 3 rings (SSSR count). The molecule has 0 radical (unpaired) electrons. The average molecular weight is 476 g/mol. The first-order chi connectivity index (χ1) is 15.9. The molecule has 0 unspecified atom stereocenters. The van der Waals surface area contributed by atoms with Crippen molar-refractivity contribution in [3.63, 3.8) is 0 Å². The van der Waals surface area contributed by atoms with Crippen LogP contribution in [0.1, 0.15) is 73.6 Å². The highest BCUT2D eigenvalue weighted by molar-refractivity contribution is 5.91. The molecular formula is C27H41NO6. The van der Waals surface area contributed by atoms with E-state index < -0.39 is 5.41 Å². The lowest BCUT2D eigenvalue weighted by molar-refractivity contribution is -0.191. The smallest absolute Gasteiger partial charge is 0.335 e. The second-order valence-electron chi connectivity index (χ2n) is 11.1. The summed E-state index contributed by atoms with van der Waals surface area (Å²) in [6, 6.07) is 0.0759. The van der Waals surface area contributed by atoms with E-state index in [1.807, 2.05) is 6.08 Å². The molecule has 1 aliphatic heterocycles. The van der Waals surface area contributed by atoms with Gasteiger partial charge in [0, 0.05) is 31.3 Å². The maximum atomic E-state index is 12.4. The first kappa shape index (κ1) is 26.5. The lowest BCUT2D eigenvalue weighted by atomic mass is 9.46. The molecule has 0 aromatic rings. The van der Waals surface area contributed by atoms with Crippen LogP contribution >= 0.6 is 0 Å². The first-order valence-electron chi connectivity index (χ1n) is 12.5. The Kier molecular flexibility index (Phi) is 7.96. The van der Waals surface area contributed by atoms with Crippen molar-refractivity contribution in [3.8, 4) is 0 Å². The standard InChI is InChI=1S/C27H41NO6/c1-16(2)28-22(20-11-13-32-25(20)31)14-21-17(3)8-9-23-26(21,6)12-10-24(34-19(5)30)27(23,7)15-33-18(4)29/h11,16,21-24,28H,3,8-10,12-15H2,1-2,4-7H3/t21-,22+,23+,24-,26+,27+/m1/s1. The number of hydrogen-bond acceptors (Lipinski definition) is 7. The topological polar surface area (TPSA) is 90.9 Å². The fraction of sp³-hybridized carbons (Fsp3) is 0.741. The normalized spacial score (nSPS) is 34.2. The van der Waals surface area contributed by atoms with Gasteiger partial charge in [0.1, 0.15) is 19.3 Å². The van der Waals surface area contributed by atoms with Crippen LogP contribution in [0.4, 0.5) is 0 Å². The first-order valence-corrected chi connectivity index (χ1v) is 12.5. The summed E-state index contributed by atoms with van der Waals surface area (Å²) in [5.41, 5.74) is 1.25. The Morgan fingerprint density at radius 2 is 1.94 bits per heavy atom. The molecule has 2 aliphatic carbocycles. The van der Waals surface area contributed by atoms with Crippen LogP contribution in [0.2, 0.25) is 0 Å². The molecule has 6 atom stereocenters. The molecule has 0 saturated heterocycles. The Hall–Kier alpha value is -2.15. The number of fused-ring (bicyclic) bond motifs is 1. The van der Waals surface area contributed by atoms with Crippen LogP contribution in [0, 0.1) is 22.7 Å². The number of ether oxygens (including phenoxy) is 3. The summed E-state index contributed by atoms with van der Waals surface area (Å²) in [5, 5.41) is 3.58. The molecule has 0 amide bonds. The summed E-state index contributed by atoms with van der Waals surface area (Å²) in [4.78, 5) is 36.1. The molecule has 0 spiro atoms. The van der Waals surface area contributed by atoms with Gasteiger partial charge in [-0.25, -0.2) is 4.79 Å². The van der Waals surface area contributed by atoms with E-state index in [0.717, 1.165) is 25.7 Å². The van der Waals surface area contributed by atoms with Gasteiger partial charge in [0.2, 0.25) is 0 Å². The Morgan fingerprint density at radius 1 is 1.24 bits per heavy atom. The summed E-state index contributed by atoms with van der Waals surface area (Å²) in [6.45, 7) is 16.4. The molecule has 7 heteroatoms. The molecule has 3 aliphatic rings. The SMILES string of the molecule is C=C1CC[C@@H]2[C@](C)(COC(C)=O)[C@H](OC(C)=O)CC[C@@]2(C)[C@@H]1C[C@H](NC(C)C)C1=CCOC1=O. The number of rotatable bonds is 8. The highest BCUT2D eigenvalue weighted by atomic mass is 16.6. The van der Waals surface area contributed by atoms with Crippen molar-refractivity contribution in [2.45, 2.75) is 91.8 Å². The van der Waals surface area contributed by atoms with E-state index in [-0.39, 0.29) is 60.0 Å². The number of carbonyl (C=O) groups is 3. The van der Waals surface area contributed by atoms with Gasteiger partial charge in [-0.15, -0.1) is 0 Å². The van der Waals surface area contributed by atoms with Crippen molar-refractivity contribution in [1.29, 1.82) is 0 Å². The molecule has 34 heavy (non-hydrogen) atoms. The van der Waals surface area contributed by atoms with Crippen LogP contribution in [-0.2, 0) is 28.6 Å². The van der Waals surface area contributed by atoms with Crippen LogP contribution in [0.25, 0.3) is 0 Å². The van der Waals surface area contributed by atoms with Crippen LogP contribution in [0.15, 0.2) is 23.8 Å². The number of cyclic esters (lactones) is 1. The second-order valence-corrected chi connectivity index (χ2v) is 11.1. The maximum Gasteiger partial charge on any atom is 0.335 e. The van der Waals surface area contributed by atoms with Crippen LogP contribution in [-0.4, -0.2) is 49.3 Å². The predicted molar refractivity (Wildman–Crippen MR) is 129 cm³/mol. The van der Waals surface area contributed by atoms with Crippen molar-refractivity contribution in [3.05, 3.63) is 23.8 Å². The van der Waals surface area contributed by atoms with Crippen molar-refractivity contribution in [2.24, 2.45) is 22.7 Å². The monoisotopic (exact) mass is 475 g/mol. The summed E-state index contributed by atoms with van der Waals surface area (Å²) in [5.74, 6) is -0.574. The molecule has 0 aromatic carbocycles. The lowest BCUT2D eigenvalue weighted by Gasteiger charge is -2.60. The van der Waals surface area contributed by atoms with Crippen LogP contribution in [0.3, 0.4) is 0 Å². The second kappa shape index (κ2) is 10.2. The lowest BCUT2D eigenvalue weighted by Crippen LogP contribution is -2.59. The Bertz CT molecular complexity index is 863. The number of allylic oxidation sites excluding steroid dienone is 1. The van der Waals surface area contributed by atoms with E-state index in [1.165, 1.54) is 19.4 Å². The average Bonchev–Trinajstić information content (AvgIpc) is 3.16. The Morgan fingerprint density at radius 3 is 2.50 bits per heavy atom. The summed E-state index contributed by atoms with van der Waals surface area (Å²) < 4.78 is 16.6. The van der Waals surface area contributed by atoms with Gasteiger partial charge in [-0.05, 0) is 55.4 Å². The van der Waals surface area contributed by atoms with Gasteiger partial charge >= 0.3 is 17.9 Å². The van der Waals surface area contributed by atoms with Gasteiger partial charge in [-0.2, -0.15) is 0 Å². The van der Waals surface area contributed by atoms with Crippen molar-refractivity contribution in [1.82, 2.24) is 5.32 Å². The highest BCUT2D eigenvalue weighted by Crippen LogP contribution is 2.62. The quantitative estimate of drug-likeness (QED) is 0.321. The third kappa shape index (κ3) is 5.24. The van der Waals surface area contributed by atoms with E-state index in [1.54, 1.807) is 0 Å². The minimum Gasteiger partial charge on any atom is -0.465 e. The molecule has 2 fully saturated rings. The zero-order valence-corrected chi connectivity index (χ0v) is 21.6. The van der Waals surface area contributed by atoms with Crippen molar-refractivity contribution < 1.29 is 28.6 Å². The fourth-order valence-electron chi connectivity index (χ4n) is 6.83. The fourth-order valence-corrected chi connectivity index (χ4v) is 6.83. The predicted octanol–water partition coefficient (Wildman–Crippen LogP) is 4.11. The Balaban J connectivity index is 1.95. The van der Waals surface area contributed by atoms with Gasteiger partial charge in [-0.1, -0.05) is 39.8 Å². The van der Waals surface area contributed by atoms with Gasteiger partial charge in [0.05, 0.1) is 5.57 Å². The van der Waals surface area contributed by atoms with Gasteiger partial charge in [0.25, 0.3) is 0 Å². The maximum absolute atomic E-state index is 12.4. The number of carbonyl (C=O) groups excluding carboxylic acids is 3. The number of esters is 3. The zero-order valence-electron chi connectivity index (χ0n) is 21.6. The van der Waals surface area contributed by atoms with Gasteiger partial charge < -0.3 is 19.5 Å². The van der Waals surface area contributed by atoms with E-state index in [2.05, 4.69) is 39.6 Å². The largest absolute Gasteiger partial charge is 0.465 e. The third-order valence-electron chi connectivity index (χ3n) is 8.35. The molecule has 0 aromatic heterocycles. The molecule has 190 valence electrons. The Labute approximate surface area is 203 Å². The highest BCUT2D eigenvalue weighted by Gasteiger charge is 2.60. The minimum absolute atomic E-state index is 0.127. The van der Waals surface area contributed by atoms with E-state index in [0.29, 0.717) is 18.6 Å². The molecule has 1 N–H and O–H groups in total. The van der Waals surface area contributed by atoms with Crippen LogP contribution < -0.4 is 5.32 Å². The minimum atomic E-state index is -0.504. The molecule has 1 heterocycles. The molecule has 0 bridgehead atoms. The molecular weight excluding hydrogens is 434 g/mol. The van der Waals surface area contributed by atoms with Gasteiger partial charge in [0.15, 0.2) is 0 Å². The van der Waals surface area contributed by atoms with E-state index in [9.17, 15) is 14.4 Å². The number of nitrogens with one attached hydrogen (secondary N) is 1. The van der Waals surface area contributed by atoms with Crippen molar-refractivity contribution >= 4 is 17.9 Å². The summed E-state index contributed by atoms with van der Waals surface area (Å²) in [7, 11) is 0. The van der Waals surface area contributed by atoms with Crippen LogP contribution in [0.5, 0.6) is 0 Å². The summed E-state index contributed by atoms with van der Waals surface area (Å²) in [6.07, 6.45) is 5.63. The molecule has 2 saturated carbocycles. The third-order valence-corrected chi connectivity index (χ3v) is 8.35. The molecule has 7 nitrogen and oxygen atoms in total. The van der Waals surface area contributed by atoms with Gasteiger partial charge in [-0.3, -0.25) is 9.59 Å². The van der Waals surface area contributed by atoms with Crippen molar-refractivity contribution in [2.75, 3.05) is 13.2 Å². The summed E-state index contributed by atoms with van der Waals surface area (Å²) >= 11 is 0.